The fourth-order valence-corrected chi connectivity index (χ4v) is 3.64. The molecule has 0 amide bonds. The number of hydrogen-bond donors (Lipinski definition) is 0. The van der Waals surface area contributed by atoms with E-state index in [9.17, 15) is 0 Å². The molecule has 0 spiro atoms. The molecule has 2 aliphatic rings. The Kier molecular flexibility index (Phi) is 3.12. The first-order chi connectivity index (χ1) is 8.26. The molecule has 1 unspecified atom stereocenters. The van der Waals surface area contributed by atoms with E-state index < -0.39 is 0 Å². The average Bonchev–Trinajstić information content (AvgIpc) is 2.87. The minimum atomic E-state index is 0.880. The number of hydrogen-bond acceptors (Lipinski definition) is 2. The third kappa shape index (κ3) is 2.22. The molecule has 2 heterocycles. The topological polar surface area (TPSA) is 16.1 Å². The van der Waals surface area contributed by atoms with Crippen molar-refractivity contribution in [2.24, 2.45) is 17.8 Å². The second-order valence-corrected chi connectivity index (χ2v) is 6.30. The van der Waals surface area contributed by atoms with Crippen molar-refractivity contribution < 1.29 is 0 Å². The third-order valence-corrected chi connectivity index (χ3v) is 4.76. The first kappa shape index (κ1) is 11.5. The first-order valence-corrected chi connectivity index (χ1v) is 7.21. The highest BCUT2D eigenvalue weighted by Crippen LogP contribution is 2.43. The van der Waals surface area contributed by atoms with Crippen molar-refractivity contribution in [1.82, 2.24) is 4.98 Å². The predicted molar refractivity (Wildman–Crippen MR) is 73.8 cm³/mol. The van der Waals surface area contributed by atoms with Crippen LogP contribution in [-0.2, 0) is 0 Å². The maximum absolute atomic E-state index is 4.49. The number of nitrogens with zero attached hydrogens (tertiary/aromatic N) is 2. The van der Waals surface area contributed by atoms with Gasteiger partial charge in [0.25, 0.3) is 0 Å². The van der Waals surface area contributed by atoms with Gasteiger partial charge in [-0.25, -0.2) is 4.98 Å². The summed E-state index contributed by atoms with van der Waals surface area (Å²) in [6.07, 6.45) is 5.76. The molecule has 1 radical (unpaired) electrons. The van der Waals surface area contributed by atoms with Crippen LogP contribution in [0.2, 0.25) is 0 Å². The highest BCUT2D eigenvalue weighted by atomic mass is 79.9. The van der Waals surface area contributed by atoms with E-state index in [2.05, 4.69) is 44.9 Å². The molecule has 3 atom stereocenters. The summed E-state index contributed by atoms with van der Waals surface area (Å²) < 4.78 is 1.05. The zero-order valence-corrected chi connectivity index (χ0v) is 11.6. The summed E-state index contributed by atoms with van der Waals surface area (Å²) in [7, 11) is 0. The molecule has 1 aliphatic heterocycles. The number of anilines is 1. The first-order valence-electron chi connectivity index (χ1n) is 6.42. The van der Waals surface area contributed by atoms with Crippen LogP contribution in [0, 0.1) is 24.7 Å². The van der Waals surface area contributed by atoms with Crippen molar-refractivity contribution in [3.8, 4) is 0 Å². The quantitative estimate of drug-likeness (QED) is 0.829. The molecule has 1 saturated carbocycles. The van der Waals surface area contributed by atoms with Gasteiger partial charge in [0.2, 0.25) is 0 Å². The standard InChI is InChI=1S/C14H18BrN2/c1-2-10-5-11-8-17(9-12(11)6-10)14-4-3-13(15)7-16-14/h3-4,7,10-12H,1-2,5-6,8-9H2/t10?,11-,12+. The SMILES string of the molecule is [CH2]CC1C[C@@H]2CN(c3ccc(Br)cn3)C[C@@H]2C1. The van der Waals surface area contributed by atoms with Crippen molar-refractivity contribution in [3.63, 3.8) is 0 Å². The normalized spacial score (nSPS) is 31.9. The van der Waals surface area contributed by atoms with Crippen LogP contribution >= 0.6 is 15.9 Å². The molecule has 0 N–H and O–H groups in total. The molecule has 91 valence electrons. The van der Waals surface area contributed by atoms with E-state index in [1.54, 1.807) is 0 Å². The molecule has 2 nitrogen and oxygen atoms in total. The second-order valence-electron chi connectivity index (χ2n) is 5.39. The summed E-state index contributed by atoms with van der Waals surface area (Å²) in [4.78, 5) is 6.94. The molecule has 2 fully saturated rings. The van der Waals surface area contributed by atoms with Crippen molar-refractivity contribution in [2.75, 3.05) is 18.0 Å². The van der Waals surface area contributed by atoms with E-state index in [0.717, 1.165) is 34.5 Å². The number of halogens is 1. The van der Waals surface area contributed by atoms with Crippen LogP contribution in [0.1, 0.15) is 19.3 Å². The van der Waals surface area contributed by atoms with Gasteiger partial charge in [-0.05, 0) is 58.7 Å². The Morgan fingerprint density at radius 2 is 2.00 bits per heavy atom. The van der Waals surface area contributed by atoms with Crippen molar-refractivity contribution in [2.45, 2.75) is 19.3 Å². The summed E-state index contributed by atoms with van der Waals surface area (Å²) in [5.74, 6) is 3.78. The van der Waals surface area contributed by atoms with Crippen LogP contribution in [0.15, 0.2) is 22.8 Å². The summed E-state index contributed by atoms with van der Waals surface area (Å²) in [5, 5.41) is 0. The van der Waals surface area contributed by atoms with Gasteiger partial charge in [-0.1, -0.05) is 13.3 Å². The monoisotopic (exact) mass is 293 g/mol. The Bertz CT molecular complexity index is 376. The van der Waals surface area contributed by atoms with Gasteiger partial charge in [0.15, 0.2) is 0 Å². The fraction of sp³-hybridized carbons (Fsp3) is 0.571. The smallest absolute Gasteiger partial charge is 0.128 e. The Morgan fingerprint density at radius 3 is 2.53 bits per heavy atom. The Morgan fingerprint density at radius 1 is 1.29 bits per heavy atom. The van der Waals surface area contributed by atoms with E-state index in [1.165, 1.54) is 25.9 Å². The fourth-order valence-electron chi connectivity index (χ4n) is 3.40. The van der Waals surface area contributed by atoms with Crippen LogP contribution in [-0.4, -0.2) is 18.1 Å². The molecule has 0 aromatic carbocycles. The van der Waals surface area contributed by atoms with Crippen LogP contribution in [0.5, 0.6) is 0 Å². The van der Waals surface area contributed by atoms with Crippen LogP contribution in [0.25, 0.3) is 0 Å². The Hall–Kier alpha value is -0.570. The highest BCUT2D eigenvalue weighted by Gasteiger charge is 2.40. The van der Waals surface area contributed by atoms with Gasteiger partial charge < -0.3 is 4.90 Å². The van der Waals surface area contributed by atoms with E-state index in [0.29, 0.717) is 0 Å². The summed E-state index contributed by atoms with van der Waals surface area (Å²) in [6, 6.07) is 4.19. The lowest BCUT2D eigenvalue weighted by Gasteiger charge is -2.19. The summed E-state index contributed by atoms with van der Waals surface area (Å²) in [6.45, 7) is 6.43. The second kappa shape index (κ2) is 4.60. The van der Waals surface area contributed by atoms with Gasteiger partial charge in [0.05, 0.1) is 0 Å². The van der Waals surface area contributed by atoms with E-state index >= 15 is 0 Å². The van der Waals surface area contributed by atoms with E-state index in [-0.39, 0.29) is 0 Å². The molecular weight excluding hydrogens is 276 g/mol. The Labute approximate surface area is 112 Å². The minimum Gasteiger partial charge on any atom is -0.356 e. The van der Waals surface area contributed by atoms with E-state index in [1.807, 2.05) is 6.20 Å². The lowest BCUT2D eigenvalue weighted by Crippen LogP contribution is -2.22. The lowest BCUT2D eigenvalue weighted by molar-refractivity contribution is 0.494. The molecule has 3 heteroatoms. The van der Waals surface area contributed by atoms with Crippen LogP contribution < -0.4 is 4.90 Å². The minimum absolute atomic E-state index is 0.880. The van der Waals surface area contributed by atoms with Gasteiger partial charge in [-0.15, -0.1) is 0 Å². The van der Waals surface area contributed by atoms with Gasteiger partial charge in [-0.2, -0.15) is 0 Å². The molecule has 17 heavy (non-hydrogen) atoms. The van der Waals surface area contributed by atoms with Crippen molar-refractivity contribution in [1.29, 1.82) is 0 Å². The Balaban J connectivity index is 1.68. The molecule has 1 aliphatic carbocycles. The molecule has 1 aromatic heterocycles. The summed E-state index contributed by atoms with van der Waals surface area (Å²) >= 11 is 3.43. The highest BCUT2D eigenvalue weighted by molar-refractivity contribution is 9.10. The number of aromatic nitrogens is 1. The van der Waals surface area contributed by atoms with E-state index in [4.69, 9.17) is 0 Å². The van der Waals surface area contributed by atoms with Gasteiger partial charge in [0, 0.05) is 23.8 Å². The molecule has 1 aromatic rings. The predicted octanol–water partition coefficient (Wildman–Crippen LogP) is 3.53. The largest absolute Gasteiger partial charge is 0.356 e. The van der Waals surface area contributed by atoms with Crippen molar-refractivity contribution in [3.05, 3.63) is 29.7 Å². The maximum Gasteiger partial charge on any atom is 0.128 e. The molecule has 1 saturated heterocycles. The lowest BCUT2D eigenvalue weighted by atomic mass is 10.0. The third-order valence-electron chi connectivity index (χ3n) is 4.29. The zero-order chi connectivity index (χ0) is 11.8. The summed E-state index contributed by atoms with van der Waals surface area (Å²) in [5.41, 5.74) is 0. The van der Waals surface area contributed by atoms with Gasteiger partial charge in [0.1, 0.15) is 5.82 Å². The van der Waals surface area contributed by atoms with Crippen molar-refractivity contribution >= 4 is 21.7 Å². The average molecular weight is 294 g/mol. The maximum atomic E-state index is 4.49. The molecular formula is C14H18BrN2. The van der Waals surface area contributed by atoms with Crippen LogP contribution in [0.4, 0.5) is 5.82 Å². The van der Waals surface area contributed by atoms with Gasteiger partial charge >= 0.3 is 0 Å². The van der Waals surface area contributed by atoms with Gasteiger partial charge in [-0.3, -0.25) is 0 Å². The van der Waals surface area contributed by atoms with Crippen LogP contribution in [0.3, 0.4) is 0 Å². The zero-order valence-electron chi connectivity index (χ0n) is 9.98. The molecule has 0 bridgehead atoms. The number of fused-ring (bicyclic) bond motifs is 1. The molecule has 3 rings (SSSR count). The number of rotatable bonds is 2. The number of pyridine rings is 1.